The number of carbonyl (C=O) groups excluding carboxylic acids is 1. The number of aromatic nitrogens is 1. The Hall–Kier alpha value is -2.14. The molecular formula is C20H20ClFN2O2. The van der Waals surface area contributed by atoms with Gasteiger partial charge in [-0.1, -0.05) is 23.7 Å². The van der Waals surface area contributed by atoms with Crippen molar-refractivity contribution in [2.45, 2.75) is 50.6 Å². The zero-order valence-corrected chi connectivity index (χ0v) is 15.2. The van der Waals surface area contributed by atoms with E-state index in [4.69, 9.17) is 11.6 Å². The molecular weight excluding hydrogens is 355 g/mol. The summed E-state index contributed by atoms with van der Waals surface area (Å²) in [5, 5.41) is 0.0277. The molecule has 2 bridgehead atoms. The lowest BCUT2D eigenvalue weighted by Crippen LogP contribution is -2.46. The van der Waals surface area contributed by atoms with Crippen LogP contribution in [0.4, 0.5) is 4.39 Å². The molecule has 1 amide bonds. The molecule has 1 unspecified atom stereocenters. The molecule has 0 saturated carbocycles. The van der Waals surface area contributed by atoms with Crippen molar-refractivity contribution < 1.29 is 9.18 Å². The van der Waals surface area contributed by atoms with E-state index in [1.165, 1.54) is 18.3 Å². The molecule has 136 valence electrons. The highest BCUT2D eigenvalue weighted by Crippen LogP contribution is 2.43. The van der Waals surface area contributed by atoms with E-state index in [0.29, 0.717) is 17.0 Å². The molecule has 1 aromatic heterocycles. The number of piperidine rings is 1. The number of benzene rings is 1. The number of nitrogens with one attached hydrogen (secondary N) is 1. The summed E-state index contributed by atoms with van der Waals surface area (Å²) in [6.45, 7) is 1.78. The SMILES string of the molecule is Cc1cc(C2C[C@H]3CC[C@@H](C2)N3C(=O)c2c[nH]c(=O)c(Cl)c2)ccc1F. The Labute approximate surface area is 156 Å². The van der Waals surface area contributed by atoms with E-state index in [-0.39, 0.29) is 28.8 Å². The van der Waals surface area contributed by atoms with E-state index in [0.717, 1.165) is 31.2 Å². The minimum Gasteiger partial charge on any atom is -0.333 e. The maximum Gasteiger partial charge on any atom is 0.266 e. The van der Waals surface area contributed by atoms with Crippen molar-refractivity contribution in [2.24, 2.45) is 0 Å². The van der Waals surface area contributed by atoms with Crippen molar-refractivity contribution >= 4 is 17.5 Å². The maximum atomic E-state index is 13.6. The van der Waals surface area contributed by atoms with Gasteiger partial charge in [-0.15, -0.1) is 0 Å². The number of fused-ring (bicyclic) bond motifs is 2. The molecule has 26 heavy (non-hydrogen) atoms. The van der Waals surface area contributed by atoms with Crippen molar-refractivity contribution in [3.05, 3.63) is 68.3 Å². The second-order valence-electron chi connectivity index (χ2n) is 7.34. The average Bonchev–Trinajstić information content (AvgIpc) is 2.88. The Morgan fingerprint density at radius 2 is 1.92 bits per heavy atom. The molecule has 3 heterocycles. The highest BCUT2D eigenvalue weighted by molar-refractivity contribution is 6.30. The van der Waals surface area contributed by atoms with Gasteiger partial charge in [0.25, 0.3) is 11.5 Å². The first-order valence-corrected chi connectivity index (χ1v) is 9.29. The zero-order chi connectivity index (χ0) is 18.4. The molecule has 0 spiro atoms. The molecule has 2 saturated heterocycles. The number of H-pyrrole nitrogens is 1. The lowest BCUT2D eigenvalue weighted by atomic mass is 9.84. The molecule has 1 aromatic carbocycles. The number of hydrogen-bond donors (Lipinski definition) is 1. The van der Waals surface area contributed by atoms with Crippen LogP contribution >= 0.6 is 11.6 Å². The van der Waals surface area contributed by atoms with Crippen molar-refractivity contribution in [1.82, 2.24) is 9.88 Å². The lowest BCUT2D eigenvalue weighted by molar-refractivity contribution is 0.0571. The molecule has 4 rings (SSSR count). The van der Waals surface area contributed by atoms with E-state index in [1.807, 2.05) is 17.0 Å². The van der Waals surface area contributed by atoms with Gasteiger partial charge in [0.15, 0.2) is 0 Å². The van der Waals surface area contributed by atoms with Gasteiger partial charge in [0.2, 0.25) is 0 Å². The Morgan fingerprint density at radius 1 is 1.23 bits per heavy atom. The van der Waals surface area contributed by atoms with Gasteiger partial charge in [-0.3, -0.25) is 9.59 Å². The van der Waals surface area contributed by atoms with Crippen LogP contribution < -0.4 is 5.56 Å². The van der Waals surface area contributed by atoms with Crippen LogP contribution in [0.1, 0.15) is 53.1 Å². The third-order valence-corrected chi connectivity index (χ3v) is 6.01. The molecule has 2 aliphatic heterocycles. The highest BCUT2D eigenvalue weighted by atomic mass is 35.5. The molecule has 2 aliphatic rings. The summed E-state index contributed by atoms with van der Waals surface area (Å²) in [5.41, 5.74) is 1.84. The average molecular weight is 375 g/mol. The number of carbonyl (C=O) groups is 1. The van der Waals surface area contributed by atoms with E-state index in [9.17, 15) is 14.0 Å². The topological polar surface area (TPSA) is 53.2 Å². The van der Waals surface area contributed by atoms with Crippen LogP contribution in [0.3, 0.4) is 0 Å². The Kier molecular flexibility index (Phi) is 4.35. The Morgan fingerprint density at radius 3 is 2.54 bits per heavy atom. The van der Waals surface area contributed by atoms with Crippen LogP contribution in [0.15, 0.2) is 35.3 Å². The van der Waals surface area contributed by atoms with Gasteiger partial charge in [0.05, 0.1) is 5.56 Å². The van der Waals surface area contributed by atoms with Gasteiger partial charge in [-0.2, -0.15) is 0 Å². The van der Waals surface area contributed by atoms with Crippen molar-refractivity contribution in [2.75, 3.05) is 0 Å². The first-order valence-electron chi connectivity index (χ1n) is 8.91. The van der Waals surface area contributed by atoms with Crippen molar-refractivity contribution in [1.29, 1.82) is 0 Å². The number of rotatable bonds is 2. The summed E-state index contributed by atoms with van der Waals surface area (Å²) in [6.07, 6.45) is 5.15. The molecule has 4 nitrogen and oxygen atoms in total. The quantitative estimate of drug-likeness (QED) is 0.862. The summed E-state index contributed by atoms with van der Waals surface area (Å²) in [5.74, 6) is 0.0821. The minimum atomic E-state index is -0.392. The fraction of sp³-hybridized carbons (Fsp3) is 0.400. The molecule has 2 aromatic rings. The summed E-state index contributed by atoms with van der Waals surface area (Å²) >= 11 is 5.87. The lowest BCUT2D eigenvalue weighted by Gasteiger charge is -2.39. The van der Waals surface area contributed by atoms with E-state index < -0.39 is 5.56 Å². The standard InChI is InChI=1S/C20H20ClFN2O2/c1-11-6-12(2-5-18(11)22)13-7-15-3-4-16(8-13)24(15)20(26)14-9-17(21)19(25)23-10-14/h2,5-6,9-10,13,15-16H,3-4,7-8H2,1H3,(H,23,25)/t13?,15-,16+. The second kappa shape index (κ2) is 6.54. The molecule has 0 aliphatic carbocycles. The van der Waals surface area contributed by atoms with Gasteiger partial charge in [0, 0.05) is 18.3 Å². The van der Waals surface area contributed by atoms with Crippen molar-refractivity contribution in [3.63, 3.8) is 0 Å². The van der Waals surface area contributed by atoms with E-state index >= 15 is 0 Å². The first kappa shape index (κ1) is 17.3. The van der Waals surface area contributed by atoms with Gasteiger partial charge in [-0.05, 0) is 61.8 Å². The van der Waals surface area contributed by atoms with Crippen LogP contribution in [0, 0.1) is 12.7 Å². The Bertz CT molecular complexity index is 912. The predicted molar refractivity (Wildman–Crippen MR) is 98.2 cm³/mol. The number of aryl methyl sites for hydroxylation is 1. The normalized spacial score (nSPS) is 24.7. The maximum absolute atomic E-state index is 13.6. The van der Waals surface area contributed by atoms with E-state index in [1.54, 1.807) is 6.92 Å². The molecule has 3 atom stereocenters. The fourth-order valence-electron chi connectivity index (χ4n) is 4.43. The number of nitrogens with zero attached hydrogens (tertiary/aromatic N) is 1. The smallest absolute Gasteiger partial charge is 0.266 e. The summed E-state index contributed by atoms with van der Waals surface area (Å²) < 4.78 is 13.6. The van der Waals surface area contributed by atoms with Gasteiger partial charge in [0.1, 0.15) is 10.8 Å². The molecule has 0 radical (unpaired) electrons. The number of hydrogen-bond acceptors (Lipinski definition) is 2. The monoisotopic (exact) mass is 374 g/mol. The summed E-state index contributed by atoms with van der Waals surface area (Å²) in [4.78, 5) is 28.9. The Balaban J connectivity index is 1.56. The first-order chi connectivity index (χ1) is 12.4. The predicted octanol–water partition coefficient (Wildman–Crippen LogP) is 4.03. The number of halogens is 2. The number of aromatic amines is 1. The molecule has 6 heteroatoms. The van der Waals surface area contributed by atoms with Gasteiger partial charge >= 0.3 is 0 Å². The highest BCUT2D eigenvalue weighted by Gasteiger charge is 2.43. The summed E-state index contributed by atoms with van der Waals surface area (Å²) in [6, 6.07) is 7.11. The van der Waals surface area contributed by atoms with Gasteiger partial charge in [-0.25, -0.2) is 4.39 Å². The van der Waals surface area contributed by atoms with Crippen LogP contribution in [-0.2, 0) is 0 Å². The van der Waals surface area contributed by atoms with Crippen LogP contribution in [0.5, 0.6) is 0 Å². The minimum absolute atomic E-state index is 0.0277. The van der Waals surface area contributed by atoms with Gasteiger partial charge < -0.3 is 9.88 Å². The summed E-state index contributed by atoms with van der Waals surface area (Å²) in [7, 11) is 0. The largest absolute Gasteiger partial charge is 0.333 e. The number of pyridine rings is 1. The van der Waals surface area contributed by atoms with E-state index in [2.05, 4.69) is 4.98 Å². The third kappa shape index (κ3) is 2.94. The molecule has 2 fully saturated rings. The van der Waals surface area contributed by atoms with Crippen molar-refractivity contribution in [3.8, 4) is 0 Å². The zero-order valence-electron chi connectivity index (χ0n) is 14.5. The number of amides is 1. The second-order valence-corrected chi connectivity index (χ2v) is 7.75. The fourth-order valence-corrected chi connectivity index (χ4v) is 4.60. The van der Waals surface area contributed by atoms with Crippen LogP contribution in [0.25, 0.3) is 0 Å². The third-order valence-electron chi connectivity index (χ3n) is 5.73. The van der Waals surface area contributed by atoms with Crippen LogP contribution in [-0.4, -0.2) is 27.9 Å². The molecule has 1 N–H and O–H groups in total. The van der Waals surface area contributed by atoms with Crippen LogP contribution in [0.2, 0.25) is 5.02 Å².